The molecule has 0 unspecified atom stereocenters. The van der Waals surface area contributed by atoms with Gasteiger partial charge in [0.1, 0.15) is 5.01 Å². The van der Waals surface area contributed by atoms with Gasteiger partial charge in [0.25, 0.3) is 0 Å². The maximum absolute atomic E-state index is 12.4. The number of anilines is 1. The van der Waals surface area contributed by atoms with E-state index in [4.69, 9.17) is 0 Å². The van der Waals surface area contributed by atoms with E-state index < -0.39 is 0 Å². The monoisotopic (exact) mass is 405 g/mol. The number of amides is 1. The third-order valence-corrected chi connectivity index (χ3v) is 6.02. The first-order valence-corrected chi connectivity index (χ1v) is 10.8. The molecule has 0 spiro atoms. The molecule has 2 aromatic carbocycles. The van der Waals surface area contributed by atoms with Gasteiger partial charge >= 0.3 is 0 Å². The first-order valence-electron chi connectivity index (χ1n) is 9.06. The van der Waals surface area contributed by atoms with Crippen LogP contribution in [0.5, 0.6) is 0 Å². The number of hydrogen-bond acceptors (Lipinski definition) is 5. The maximum atomic E-state index is 12.4. The van der Waals surface area contributed by atoms with E-state index in [1.165, 1.54) is 16.9 Å². The fourth-order valence-corrected chi connectivity index (χ4v) is 4.37. The molecular formula is C22H19N3OS2. The zero-order valence-corrected chi connectivity index (χ0v) is 17.0. The number of carbonyl (C=O) groups excluding carboxylic acids is 1. The Hall–Kier alpha value is -2.83. The highest BCUT2D eigenvalue weighted by atomic mass is 32.1. The van der Waals surface area contributed by atoms with Gasteiger partial charge in [-0.3, -0.25) is 4.79 Å². The molecule has 0 radical (unpaired) electrons. The summed E-state index contributed by atoms with van der Waals surface area (Å²) in [5.74, 6) is -0.104. The van der Waals surface area contributed by atoms with Crippen LogP contribution in [0, 0.1) is 0 Å². The lowest BCUT2D eigenvalue weighted by Gasteiger charge is -2.00. The molecule has 0 fully saturated rings. The molecule has 0 bridgehead atoms. The van der Waals surface area contributed by atoms with Gasteiger partial charge in [0.05, 0.1) is 17.8 Å². The first kappa shape index (κ1) is 18.5. The minimum absolute atomic E-state index is 0.104. The predicted octanol–water partition coefficient (Wildman–Crippen LogP) is 5.68. The van der Waals surface area contributed by atoms with E-state index >= 15 is 0 Å². The predicted molar refractivity (Wildman–Crippen MR) is 117 cm³/mol. The molecule has 0 aliphatic carbocycles. The summed E-state index contributed by atoms with van der Waals surface area (Å²) >= 11 is 2.99. The van der Waals surface area contributed by atoms with Crippen molar-refractivity contribution in [1.29, 1.82) is 0 Å². The summed E-state index contributed by atoms with van der Waals surface area (Å²) in [5, 5.41) is 8.32. The van der Waals surface area contributed by atoms with E-state index in [1.807, 2.05) is 41.1 Å². The minimum Gasteiger partial charge on any atom is -0.302 e. The van der Waals surface area contributed by atoms with Crippen molar-refractivity contribution < 1.29 is 4.79 Å². The second-order valence-electron chi connectivity index (χ2n) is 6.32. The largest absolute Gasteiger partial charge is 0.302 e. The smallest absolute Gasteiger partial charge is 0.232 e. The molecule has 0 saturated heterocycles. The molecule has 2 aromatic heterocycles. The summed E-state index contributed by atoms with van der Waals surface area (Å²) in [7, 11) is 0. The molecule has 4 rings (SSSR count). The van der Waals surface area contributed by atoms with Gasteiger partial charge in [-0.2, -0.15) is 0 Å². The first-order chi connectivity index (χ1) is 13.7. The Balaban J connectivity index is 1.39. The molecule has 0 aliphatic heterocycles. The van der Waals surface area contributed by atoms with E-state index in [1.54, 1.807) is 11.3 Å². The molecule has 2 heterocycles. The Bertz CT molecular complexity index is 1070. The van der Waals surface area contributed by atoms with Gasteiger partial charge in [0.15, 0.2) is 5.13 Å². The maximum Gasteiger partial charge on any atom is 0.232 e. The highest BCUT2D eigenvalue weighted by molar-refractivity contribution is 7.14. The average Bonchev–Trinajstić information content (AvgIpc) is 3.38. The fraction of sp³-hybridized carbons (Fsp3) is 0.136. The lowest BCUT2D eigenvalue weighted by molar-refractivity contribution is -0.115. The number of nitrogens with one attached hydrogen (secondary N) is 1. The van der Waals surface area contributed by atoms with Gasteiger partial charge < -0.3 is 5.32 Å². The van der Waals surface area contributed by atoms with Crippen molar-refractivity contribution in [2.24, 2.45) is 0 Å². The van der Waals surface area contributed by atoms with Crippen molar-refractivity contribution in [3.8, 4) is 21.8 Å². The zero-order chi connectivity index (χ0) is 19.3. The van der Waals surface area contributed by atoms with E-state index in [0.29, 0.717) is 5.13 Å². The molecule has 0 saturated carbocycles. The third-order valence-electron chi connectivity index (χ3n) is 4.32. The van der Waals surface area contributed by atoms with Crippen LogP contribution >= 0.6 is 22.7 Å². The van der Waals surface area contributed by atoms with Crippen molar-refractivity contribution in [1.82, 2.24) is 9.97 Å². The lowest BCUT2D eigenvalue weighted by Crippen LogP contribution is -2.14. The van der Waals surface area contributed by atoms with Crippen LogP contribution in [0.3, 0.4) is 0 Å². The van der Waals surface area contributed by atoms with Crippen LogP contribution < -0.4 is 5.32 Å². The van der Waals surface area contributed by atoms with Crippen LogP contribution in [0.2, 0.25) is 0 Å². The summed E-state index contributed by atoms with van der Waals surface area (Å²) in [4.78, 5) is 21.5. The number of nitrogens with zero attached hydrogens (tertiary/aromatic N) is 2. The number of hydrogen-bond donors (Lipinski definition) is 1. The molecule has 0 aliphatic rings. The van der Waals surface area contributed by atoms with E-state index in [2.05, 4.69) is 46.5 Å². The van der Waals surface area contributed by atoms with Crippen molar-refractivity contribution in [2.45, 2.75) is 19.8 Å². The van der Waals surface area contributed by atoms with Gasteiger partial charge in [-0.25, -0.2) is 9.97 Å². The van der Waals surface area contributed by atoms with E-state index in [0.717, 1.165) is 33.9 Å². The second kappa shape index (κ2) is 8.46. The van der Waals surface area contributed by atoms with Crippen LogP contribution in [-0.4, -0.2) is 15.9 Å². The van der Waals surface area contributed by atoms with Crippen molar-refractivity contribution in [2.75, 3.05) is 5.32 Å². The molecule has 4 nitrogen and oxygen atoms in total. The van der Waals surface area contributed by atoms with Crippen molar-refractivity contribution in [3.63, 3.8) is 0 Å². The molecule has 4 aromatic rings. The zero-order valence-electron chi connectivity index (χ0n) is 15.4. The van der Waals surface area contributed by atoms with Crippen LogP contribution in [0.4, 0.5) is 5.13 Å². The summed E-state index contributed by atoms with van der Waals surface area (Å²) < 4.78 is 0. The van der Waals surface area contributed by atoms with Crippen LogP contribution in [0.15, 0.2) is 65.4 Å². The molecule has 6 heteroatoms. The highest BCUT2D eigenvalue weighted by Crippen LogP contribution is 2.26. The number of aromatic nitrogens is 2. The van der Waals surface area contributed by atoms with Crippen LogP contribution in [0.25, 0.3) is 21.8 Å². The molecule has 0 atom stereocenters. The summed E-state index contributed by atoms with van der Waals surface area (Å²) in [6.45, 7) is 2.14. The Labute approximate surface area is 171 Å². The molecule has 1 amide bonds. The number of aryl methyl sites for hydroxylation is 1. The Morgan fingerprint density at radius 3 is 2.46 bits per heavy atom. The van der Waals surface area contributed by atoms with E-state index in [-0.39, 0.29) is 12.3 Å². The minimum atomic E-state index is -0.104. The number of rotatable bonds is 6. The standard InChI is InChI=1S/C22H19N3OS2/c1-2-15-8-10-16(11-9-15)19-14-28-22(24-19)25-20(26)12-18-13-27-21(23-18)17-6-4-3-5-7-17/h3-11,13-14H,2,12H2,1H3,(H,24,25,26). The number of carbonyl (C=O) groups is 1. The summed E-state index contributed by atoms with van der Waals surface area (Å²) in [6, 6.07) is 18.3. The summed E-state index contributed by atoms with van der Waals surface area (Å²) in [6.07, 6.45) is 1.25. The average molecular weight is 406 g/mol. The van der Waals surface area contributed by atoms with Gasteiger partial charge in [-0.15, -0.1) is 22.7 Å². The number of benzene rings is 2. The highest BCUT2D eigenvalue weighted by Gasteiger charge is 2.12. The lowest BCUT2D eigenvalue weighted by atomic mass is 10.1. The number of thiazole rings is 2. The van der Waals surface area contributed by atoms with Crippen molar-refractivity contribution >= 4 is 33.7 Å². The van der Waals surface area contributed by atoms with Gasteiger partial charge in [-0.1, -0.05) is 61.5 Å². The summed E-state index contributed by atoms with van der Waals surface area (Å²) in [5.41, 5.74) is 5.07. The third kappa shape index (κ3) is 4.35. The van der Waals surface area contributed by atoms with Crippen LogP contribution in [-0.2, 0) is 17.6 Å². The Morgan fingerprint density at radius 2 is 1.71 bits per heavy atom. The molecular weight excluding hydrogens is 386 g/mol. The molecule has 140 valence electrons. The van der Waals surface area contributed by atoms with Gasteiger partial charge in [-0.05, 0) is 12.0 Å². The van der Waals surface area contributed by atoms with Crippen LogP contribution in [0.1, 0.15) is 18.2 Å². The van der Waals surface area contributed by atoms with Gasteiger partial charge in [0, 0.05) is 21.9 Å². The molecule has 28 heavy (non-hydrogen) atoms. The SMILES string of the molecule is CCc1ccc(-c2csc(NC(=O)Cc3csc(-c4ccccc4)n3)n2)cc1. The fourth-order valence-electron chi connectivity index (χ4n) is 2.80. The van der Waals surface area contributed by atoms with Crippen molar-refractivity contribution in [3.05, 3.63) is 76.6 Å². The Morgan fingerprint density at radius 1 is 0.929 bits per heavy atom. The molecule has 1 N–H and O–H groups in total. The van der Waals surface area contributed by atoms with E-state index in [9.17, 15) is 4.79 Å². The second-order valence-corrected chi connectivity index (χ2v) is 8.04. The normalized spacial score (nSPS) is 10.8. The quantitative estimate of drug-likeness (QED) is 0.449. The Kier molecular flexibility index (Phi) is 5.60. The topological polar surface area (TPSA) is 54.9 Å². The van der Waals surface area contributed by atoms with Gasteiger partial charge in [0.2, 0.25) is 5.91 Å².